The Kier molecular flexibility index (Phi) is 4.67. The summed E-state index contributed by atoms with van der Waals surface area (Å²) < 4.78 is 9.68. The molecule has 2 N–H and O–H groups in total. The molecule has 0 spiro atoms. The molecule has 0 heterocycles. The van der Waals surface area contributed by atoms with Crippen LogP contribution in [0.5, 0.6) is 5.75 Å². The molecular weight excluding hydrogens is 246 g/mol. The largest absolute Gasteiger partial charge is 0.469 e. The van der Waals surface area contributed by atoms with Gasteiger partial charge >= 0.3 is 11.9 Å². The van der Waals surface area contributed by atoms with Crippen molar-refractivity contribution in [3.8, 4) is 5.75 Å². The van der Waals surface area contributed by atoms with Crippen molar-refractivity contribution >= 4 is 11.9 Å². The third kappa shape index (κ3) is 3.54. The molecule has 1 aromatic carbocycles. The zero-order valence-electron chi connectivity index (χ0n) is 11.6. The molecule has 5 heteroatoms. The second-order valence-electron chi connectivity index (χ2n) is 4.85. The highest BCUT2D eigenvalue weighted by Crippen LogP contribution is 2.33. The van der Waals surface area contributed by atoms with Gasteiger partial charge in [0.25, 0.3) is 0 Å². The number of carbonyl (C=O) groups excluding carboxylic acids is 2. The topological polar surface area (TPSA) is 78.6 Å². The predicted octanol–water partition coefficient (Wildman–Crippen LogP) is 1.81. The first-order valence-electron chi connectivity index (χ1n) is 5.91. The van der Waals surface area contributed by atoms with E-state index < -0.39 is 11.5 Å². The highest BCUT2D eigenvalue weighted by Gasteiger charge is 2.36. The molecule has 0 amide bonds. The first-order valence-corrected chi connectivity index (χ1v) is 5.91. The second-order valence-corrected chi connectivity index (χ2v) is 4.85. The lowest BCUT2D eigenvalue weighted by molar-refractivity contribution is -0.152. The Morgan fingerprint density at radius 3 is 2.16 bits per heavy atom. The van der Waals surface area contributed by atoms with E-state index in [9.17, 15) is 9.59 Å². The fourth-order valence-electron chi connectivity index (χ4n) is 1.72. The fourth-order valence-corrected chi connectivity index (χ4v) is 1.72. The van der Waals surface area contributed by atoms with Gasteiger partial charge in [0.05, 0.1) is 12.5 Å². The van der Waals surface area contributed by atoms with Crippen molar-refractivity contribution in [1.82, 2.24) is 0 Å². The molecule has 0 saturated carbocycles. The molecular formula is C14H19NO4. The number of hydrogen-bond acceptors (Lipinski definition) is 5. The fraction of sp³-hybridized carbons (Fsp3) is 0.429. The van der Waals surface area contributed by atoms with E-state index in [-0.39, 0.29) is 11.9 Å². The normalized spacial score (nSPS) is 12.7. The number of ether oxygens (including phenoxy) is 2. The van der Waals surface area contributed by atoms with Gasteiger partial charge in [0.15, 0.2) is 0 Å². The summed E-state index contributed by atoms with van der Waals surface area (Å²) in [5, 5.41) is 0. The summed E-state index contributed by atoms with van der Waals surface area (Å²) >= 11 is 0. The Morgan fingerprint density at radius 1 is 1.21 bits per heavy atom. The molecule has 0 aliphatic heterocycles. The van der Waals surface area contributed by atoms with E-state index in [0.29, 0.717) is 5.75 Å². The van der Waals surface area contributed by atoms with E-state index in [1.54, 1.807) is 38.1 Å². The minimum atomic E-state index is -0.836. The minimum absolute atomic E-state index is 0.371. The molecule has 0 aliphatic rings. The highest BCUT2D eigenvalue weighted by molar-refractivity contribution is 5.77. The number of esters is 2. The summed E-state index contributed by atoms with van der Waals surface area (Å²) in [5.41, 5.74) is 6.03. The van der Waals surface area contributed by atoms with E-state index in [4.69, 9.17) is 15.2 Å². The molecule has 0 aliphatic carbocycles. The Morgan fingerprint density at radius 2 is 1.74 bits per heavy atom. The zero-order chi connectivity index (χ0) is 14.6. The maximum Gasteiger partial charge on any atom is 0.313 e. The summed E-state index contributed by atoms with van der Waals surface area (Å²) in [5.74, 6) is -0.310. The average Bonchev–Trinajstić information content (AvgIpc) is 2.37. The SMILES string of the molecule is COC(=O)C(C)(C)[C@H](N)c1ccc(OC(C)=O)cc1. The van der Waals surface area contributed by atoms with Crippen LogP contribution in [-0.2, 0) is 14.3 Å². The molecule has 0 bridgehead atoms. The van der Waals surface area contributed by atoms with Crippen LogP contribution in [0.4, 0.5) is 0 Å². The maximum absolute atomic E-state index is 11.7. The first-order chi connectivity index (χ1) is 8.78. The van der Waals surface area contributed by atoms with Crippen molar-refractivity contribution in [1.29, 1.82) is 0 Å². The van der Waals surface area contributed by atoms with Crippen molar-refractivity contribution in [3.05, 3.63) is 29.8 Å². The Bertz CT molecular complexity index is 465. The minimum Gasteiger partial charge on any atom is -0.469 e. The monoisotopic (exact) mass is 265 g/mol. The van der Waals surface area contributed by atoms with Crippen molar-refractivity contribution in [2.45, 2.75) is 26.8 Å². The number of nitrogens with two attached hydrogens (primary N) is 1. The smallest absolute Gasteiger partial charge is 0.313 e. The Labute approximate surface area is 112 Å². The highest BCUT2D eigenvalue weighted by atomic mass is 16.5. The summed E-state index contributed by atoms with van der Waals surface area (Å²) in [7, 11) is 1.33. The van der Waals surface area contributed by atoms with Gasteiger partial charge in [-0.25, -0.2) is 0 Å². The van der Waals surface area contributed by atoms with Gasteiger partial charge in [0.1, 0.15) is 5.75 Å². The van der Waals surface area contributed by atoms with E-state index in [0.717, 1.165) is 5.56 Å². The molecule has 0 unspecified atom stereocenters. The van der Waals surface area contributed by atoms with Gasteiger partial charge in [-0.05, 0) is 31.5 Å². The van der Waals surface area contributed by atoms with Gasteiger partial charge in [0, 0.05) is 13.0 Å². The van der Waals surface area contributed by atoms with Gasteiger partial charge in [0.2, 0.25) is 0 Å². The zero-order valence-corrected chi connectivity index (χ0v) is 11.6. The number of hydrogen-bond donors (Lipinski definition) is 1. The van der Waals surface area contributed by atoms with Gasteiger partial charge in [-0.15, -0.1) is 0 Å². The summed E-state index contributed by atoms with van der Waals surface area (Å²) in [6.45, 7) is 4.78. The number of benzene rings is 1. The molecule has 104 valence electrons. The molecule has 5 nitrogen and oxygen atoms in total. The Hall–Kier alpha value is -1.88. The third-order valence-electron chi connectivity index (χ3n) is 2.99. The van der Waals surface area contributed by atoms with Crippen LogP contribution < -0.4 is 10.5 Å². The van der Waals surface area contributed by atoms with Crippen LogP contribution in [0.3, 0.4) is 0 Å². The molecule has 0 saturated heterocycles. The van der Waals surface area contributed by atoms with Gasteiger partial charge < -0.3 is 15.2 Å². The van der Waals surface area contributed by atoms with Crippen molar-refractivity contribution in [2.75, 3.05) is 7.11 Å². The van der Waals surface area contributed by atoms with Crippen LogP contribution in [0.25, 0.3) is 0 Å². The van der Waals surface area contributed by atoms with Gasteiger partial charge in [-0.3, -0.25) is 9.59 Å². The molecule has 1 rings (SSSR count). The van der Waals surface area contributed by atoms with Crippen molar-refractivity contribution < 1.29 is 19.1 Å². The number of carbonyl (C=O) groups is 2. The quantitative estimate of drug-likeness (QED) is 0.663. The van der Waals surface area contributed by atoms with Crippen LogP contribution in [-0.4, -0.2) is 19.0 Å². The molecule has 0 aromatic heterocycles. The summed E-state index contributed by atoms with van der Waals surface area (Å²) in [4.78, 5) is 22.5. The Balaban J connectivity index is 2.91. The van der Waals surface area contributed by atoms with E-state index in [2.05, 4.69) is 0 Å². The standard InChI is InChI=1S/C14H19NO4/c1-9(16)19-11-7-5-10(6-8-11)12(15)14(2,3)13(17)18-4/h5-8,12H,15H2,1-4H3/t12-/m1/s1. The maximum atomic E-state index is 11.7. The van der Waals surface area contributed by atoms with Crippen molar-refractivity contribution in [2.24, 2.45) is 11.1 Å². The lowest BCUT2D eigenvalue weighted by Gasteiger charge is -2.28. The number of rotatable bonds is 4. The van der Waals surface area contributed by atoms with Crippen LogP contribution in [0.2, 0.25) is 0 Å². The predicted molar refractivity (Wildman–Crippen MR) is 70.5 cm³/mol. The molecule has 1 atom stereocenters. The van der Waals surface area contributed by atoms with E-state index in [1.165, 1.54) is 14.0 Å². The van der Waals surface area contributed by atoms with Gasteiger partial charge in [-0.2, -0.15) is 0 Å². The lowest BCUT2D eigenvalue weighted by atomic mass is 9.81. The van der Waals surface area contributed by atoms with Crippen LogP contribution in [0.1, 0.15) is 32.4 Å². The lowest BCUT2D eigenvalue weighted by Crippen LogP contribution is -2.37. The van der Waals surface area contributed by atoms with E-state index in [1.807, 2.05) is 0 Å². The molecule has 0 radical (unpaired) electrons. The second kappa shape index (κ2) is 5.84. The van der Waals surface area contributed by atoms with E-state index >= 15 is 0 Å². The number of methoxy groups -OCH3 is 1. The first kappa shape index (κ1) is 15.2. The third-order valence-corrected chi connectivity index (χ3v) is 2.99. The summed E-state index contributed by atoms with van der Waals surface area (Å²) in [6, 6.07) is 6.24. The molecule has 19 heavy (non-hydrogen) atoms. The van der Waals surface area contributed by atoms with Gasteiger partial charge in [-0.1, -0.05) is 12.1 Å². The summed E-state index contributed by atoms with van der Waals surface area (Å²) in [6.07, 6.45) is 0. The molecule has 0 fully saturated rings. The van der Waals surface area contributed by atoms with Crippen molar-refractivity contribution in [3.63, 3.8) is 0 Å². The van der Waals surface area contributed by atoms with Crippen LogP contribution in [0, 0.1) is 5.41 Å². The average molecular weight is 265 g/mol. The van der Waals surface area contributed by atoms with Crippen LogP contribution in [0.15, 0.2) is 24.3 Å². The molecule has 1 aromatic rings. The van der Waals surface area contributed by atoms with Crippen LogP contribution >= 0.6 is 0 Å².